The molecule has 3 rings (SSSR count). The highest BCUT2D eigenvalue weighted by Gasteiger charge is 2.10. The van der Waals surface area contributed by atoms with Crippen molar-refractivity contribution in [2.45, 2.75) is 6.92 Å². The first kappa shape index (κ1) is 20.6. The molecule has 30 heavy (non-hydrogen) atoms. The highest BCUT2D eigenvalue weighted by molar-refractivity contribution is 6.05. The first-order chi connectivity index (χ1) is 14.5. The van der Waals surface area contributed by atoms with E-state index >= 15 is 0 Å². The molecule has 2 amide bonds. The van der Waals surface area contributed by atoms with E-state index in [0.29, 0.717) is 28.1 Å². The molecule has 0 saturated carbocycles. The molecule has 7 heteroatoms. The standard InChI is InChI=1S/C23H21N3O4/c1-15-5-3-4-6-20(15)23(29)25-18-9-7-16(8-10-18)22(28)26-24-14-17-13-19(30-2)11-12-21(17)27/h3-14,27H,1-2H3,(H,25,29)(H,26,28)/b24-14-. The molecule has 3 aromatic carbocycles. The summed E-state index contributed by atoms with van der Waals surface area (Å²) in [4.78, 5) is 24.6. The van der Waals surface area contributed by atoms with Crippen LogP contribution in [0.4, 0.5) is 5.69 Å². The number of carbonyl (C=O) groups is 2. The summed E-state index contributed by atoms with van der Waals surface area (Å²) in [6, 6.07) is 18.4. The largest absolute Gasteiger partial charge is 0.507 e. The van der Waals surface area contributed by atoms with Crippen molar-refractivity contribution >= 4 is 23.7 Å². The second-order valence-corrected chi connectivity index (χ2v) is 6.47. The first-order valence-electron chi connectivity index (χ1n) is 9.15. The zero-order valence-corrected chi connectivity index (χ0v) is 16.5. The van der Waals surface area contributed by atoms with Crippen LogP contribution in [-0.4, -0.2) is 30.2 Å². The number of carbonyl (C=O) groups excluding carboxylic acids is 2. The summed E-state index contributed by atoms with van der Waals surface area (Å²) < 4.78 is 5.09. The topological polar surface area (TPSA) is 100 Å². The number of ether oxygens (including phenoxy) is 1. The quantitative estimate of drug-likeness (QED) is 0.431. The lowest BCUT2D eigenvalue weighted by molar-refractivity contribution is 0.0954. The van der Waals surface area contributed by atoms with Crippen LogP contribution in [-0.2, 0) is 0 Å². The predicted molar refractivity (Wildman–Crippen MR) is 115 cm³/mol. The minimum absolute atomic E-state index is 0.0162. The molecule has 0 aliphatic rings. The Hall–Kier alpha value is -4.13. The van der Waals surface area contributed by atoms with E-state index in [1.54, 1.807) is 48.5 Å². The summed E-state index contributed by atoms with van der Waals surface area (Å²) in [5.41, 5.74) is 5.22. The third-order valence-corrected chi connectivity index (χ3v) is 4.40. The number of nitrogens with one attached hydrogen (secondary N) is 2. The first-order valence-corrected chi connectivity index (χ1v) is 9.15. The Morgan fingerprint density at radius 3 is 2.43 bits per heavy atom. The van der Waals surface area contributed by atoms with Crippen molar-refractivity contribution in [1.29, 1.82) is 0 Å². The maximum absolute atomic E-state index is 12.4. The Morgan fingerprint density at radius 2 is 1.73 bits per heavy atom. The highest BCUT2D eigenvalue weighted by Crippen LogP contribution is 2.21. The minimum atomic E-state index is -0.426. The average Bonchev–Trinajstić information content (AvgIpc) is 2.75. The predicted octanol–water partition coefficient (Wildman–Crippen LogP) is 3.73. The van der Waals surface area contributed by atoms with Crippen molar-refractivity contribution in [2.24, 2.45) is 5.10 Å². The summed E-state index contributed by atoms with van der Waals surface area (Å²) in [7, 11) is 1.52. The van der Waals surface area contributed by atoms with Crippen molar-refractivity contribution in [2.75, 3.05) is 12.4 Å². The molecular weight excluding hydrogens is 382 g/mol. The smallest absolute Gasteiger partial charge is 0.271 e. The molecule has 152 valence electrons. The monoisotopic (exact) mass is 403 g/mol. The second-order valence-electron chi connectivity index (χ2n) is 6.47. The zero-order chi connectivity index (χ0) is 21.5. The average molecular weight is 403 g/mol. The molecular formula is C23H21N3O4. The number of phenolic OH excluding ortho intramolecular Hbond substituents is 1. The van der Waals surface area contributed by atoms with E-state index in [1.807, 2.05) is 19.1 Å². The number of amides is 2. The number of aromatic hydroxyl groups is 1. The summed E-state index contributed by atoms with van der Waals surface area (Å²) >= 11 is 0. The fourth-order valence-electron chi connectivity index (χ4n) is 2.72. The van der Waals surface area contributed by atoms with Gasteiger partial charge in [0.25, 0.3) is 11.8 Å². The molecule has 0 unspecified atom stereocenters. The molecule has 0 aliphatic heterocycles. The molecule has 0 heterocycles. The van der Waals surface area contributed by atoms with Gasteiger partial charge in [0.2, 0.25) is 0 Å². The van der Waals surface area contributed by atoms with Crippen LogP contribution in [0.25, 0.3) is 0 Å². The number of aryl methyl sites for hydroxylation is 1. The maximum Gasteiger partial charge on any atom is 0.271 e. The lowest BCUT2D eigenvalue weighted by Gasteiger charge is -2.08. The Morgan fingerprint density at radius 1 is 1.00 bits per heavy atom. The molecule has 0 spiro atoms. The van der Waals surface area contributed by atoms with Gasteiger partial charge in [-0.05, 0) is 61.0 Å². The summed E-state index contributed by atoms with van der Waals surface area (Å²) in [6.45, 7) is 1.87. The van der Waals surface area contributed by atoms with E-state index in [2.05, 4.69) is 15.8 Å². The third kappa shape index (κ3) is 5.02. The van der Waals surface area contributed by atoms with E-state index in [4.69, 9.17) is 4.74 Å². The van der Waals surface area contributed by atoms with Crippen molar-refractivity contribution < 1.29 is 19.4 Å². The van der Waals surface area contributed by atoms with Gasteiger partial charge in [0.15, 0.2) is 0 Å². The molecule has 3 aromatic rings. The van der Waals surface area contributed by atoms with E-state index in [9.17, 15) is 14.7 Å². The van der Waals surface area contributed by atoms with E-state index < -0.39 is 5.91 Å². The number of anilines is 1. The van der Waals surface area contributed by atoms with Gasteiger partial charge in [0.05, 0.1) is 13.3 Å². The van der Waals surface area contributed by atoms with Crippen LogP contribution in [0.5, 0.6) is 11.5 Å². The number of phenols is 1. The number of rotatable bonds is 6. The molecule has 0 aromatic heterocycles. The molecule has 0 aliphatic carbocycles. The van der Waals surface area contributed by atoms with Gasteiger partial charge in [-0.3, -0.25) is 9.59 Å². The zero-order valence-electron chi connectivity index (χ0n) is 16.5. The van der Waals surface area contributed by atoms with Gasteiger partial charge in [-0.25, -0.2) is 5.43 Å². The third-order valence-electron chi connectivity index (χ3n) is 4.40. The lowest BCUT2D eigenvalue weighted by atomic mass is 10.1. The molecule has 7 nitrogen and oxygen atoms in total. The van der Waals surface area contributed by atoms with Gasteiger partial charge in [0.1, 0.15) is 11.5 Å². The molecule has 0 fully saturated rings. The number of benzene rings is 3. The van der Waals surface area contributed by atoms with E-state index in [-0.39, 0.29) is 11.7 Å². The molecule has 0 bridgehead atoms. The van der Waals surface area contributed by atoms with Gasteiger partial charge in [-0.15, -0.1) is 0 Å². The van der Waals surface area contributed by atoms with Gasteiger partial charge < -0.3 is 15.2 Å². The summed E-state index contributed by atoms with van der Waals surface area (Å²) in [5.74, 6) is -0.0649. The van der Waals surface area contributed by atoms with Crippen molar-refractivity contribution in [3.8, 4) is 11.5 Å². The summed E-state index contributed by atoms with van der Waals surface area (Å²) in [6.07, 6.45) is 1.33. The van der Waals surface area contributed by atoms with Crippen LogP contribution in [0.1, 0.15) is 31.8 Å². The fourth-order valence-corrected chi connectivity index (χ4v) is 2.72. The number of hydrazone groups is 1. The van der Waals surface area contributed by atoms with E-state index in [1.165, 1.54) is 19.4 Å². The number of hydrogen-bond donors (Lipinski definition) is 3. The molecule has 0 atom stereocenters. The van der Waals surface area contributed by atoms with Gasteiger partial charge in [0, 0.05) is 22.4 Å². The number of nitrogens with zero attached hydrogens (tertiary/aromatic N) is 1. The molecule has 0 radical (unpaired) electrons. The van der Waals surface area contributed by atoms with Crippen molar-refractivity contribution in [3.05, 3.63) is 89.0 Å². The maximum atomic E-state index is 12.4. The Labute approximate surface area is 174 Å². The van der Waals surface area contributed by atoms with Crippen LogP contribution >= 0.6 is 0 Å². The normalized spacial score (nSPS) is 10.6. The van der Waals surface area contributed by atoms with Crippen LogP contribution in [0.3, 0.4) is 0 Å². The van der Waals surface area contributed by atoms with Crippen LogP contribution < -0.4 is 15.5 Å². The van der Waals surface area contributed by atoms with Gasteiger partial charge >= 0.3 is 0 Å². The summed E-state index contributed by atoms with van der Waals surface area (Å²) in [5, 5.41) is 16.5. The van der Waals surface area contributed by atoms with Crippen molar-refractivity contribution in [3.63, 3.8) is 0 Å². The van der Waals surface area contributed by atoms with Crippen molar-refractivity contribution in [1.82, 2.24) is 5.43 Å². The van der Waals surface area contributed by atoms with E-state index in [0.717, 1.165) is 5.56 Å². The lowest BCUT2D eigenvalue weighted by Crippen LogP contribution is -2.18. The Kier molecular flexibility index (Phi) is 6.44. The Balaban J connectivity index is 1.61. The van der Waals surface area contributed by atoms with Gasteiger partial charge in [-0.2, -0.15) is 5.10 Å². The second kappa shape index (κ2) is 9.38. The molecule has 3 N–H and O–H groups in total. The number of hydrogen-bond acceptors (Lipinski definition) is 5. The number of methoxy groups -OCH3 is 1. The highest BCUT2D eigenvalue weighted by atomic mass is 16.5. The molecule has 0 saturated heterocycles. The van der Waals surface area contributed by atoms with Crippen LogP contribution in [0, 0.1) is 6.92 Å². The Bertz CT molecular complexity index is 1090. The van der Waals surface area contributed by atoms with Crippen LogP contribution in [0.2, 0.25) is 0 Å². The minimum Gasteiger partial charge on any atom is -0.507 e. The van der Waals surface area contributed by atoms with Gasteiger partial charge in [-0.1, -0.05) is 18.2 Å². The SMILES string of the molecule is COc1ccc(O)c(/C=N\NC(=O)c2ccc(NC(=O)c3ccccc3C)cc2)c1. The fraction of sp³-hybridized carbons (Fsp3) is 0.0870. The van der Waals surface area contributed by atoms with Crippen LogP contribution in [0.15, 0.2) is 71.8 Å².